The van der Waals surface area contributed by atoms with Crippen molar-refractivity contribution < 1.29 is 18.8 Å². The molecule has 3 rings (SSSR count). The minimum absolute atomic E-state index is 0.0478. The molecule has 0 radical (unpaired) electrons. The molecule has 2 aromatic carbocycles. The van der Waals surface area contributed by atoms with Crippen LogP contribution in [-0.2, 0) is 14.4 Å². The van der Waals surface area contributed by atoms with Gasteiger partial charge in [0.2, 0.25) is 17.7 Å². The zero-order chi connectivity index (χ0) is 19.6. The van der Waals surface area contributed by atoms with Crippen LogP contribution in [0.15, 0.2) is 42.5 Å². The van der Waals surface area contributed by atoms with Gasteiger partial charge >= 0.3 is 0 Å². The third kappa shape index (κ3) is 4.43. The van der Waals surface area contributed by atoms with Gasteiger partial charge in [0.15, 0.2) is 0 Å². The second-order valence-electron chi connectivity index (χ2n) is 6.26. The van der Waals surface area contributed by atoms with Gasteiger partial charge in [0.1, 0.15) is 5.82 Å². The number of amides is 3. The number of nitrogens with zero attached hydrogens (tertiary/aromatic N) is 1. The van der Waals surface area contributed by atoms with Crippen LogP contribution in [0.5, 0.6) is 0 Å². The van der Waals surface area contributed by atoms with E-state index < -0.39 is 11.7 Å². The molecule has 8 heteroatoms. The summed E-state index contributed by atoms with van der Waals surface area (Å²) in [6.07, 6.45) is 0.0478. The third-order valence-corrected chi connectivity index (χ3v) is 4.45. The first-order chi connectivity index (χ1) is 12.8. The van der Waals surface area contributed by atoms with Crippen molar-refractivity contribution >= 4 is 46.4 Å². The molecule has 1 heterocycles. The number of carbonyl (C=O) groups is 3. The standard InChI is InChI=1S/C19H17ClFN3O3/c1-11(25)22-13-3-2-4-14(8-13)23-19(27)12-7-18(26)24(10-12)15-5-6-17(21)16(20)9-15/h2-6,8-9,12H,7,10H2,1H3,(H,22,25)(H,23,27). The molecule has 0 spiro atoms. The Balaban J connectivity index is 1.69. The third-order valence-electron chi connectivity index (χ3n) is 4.16. The predicted molar refractivity (Wildman–Crippen MR) is 101 cm³/mol. The summed E-state index contributed by atoms with van der Waals surface area (Å²) >= 11 is 5.77. The Bertz CT molecular complexity index is 919. The SMILES string of the molecule is CC(=O)Nc1cccc(NC(=O)C2CC(=O)N(c3ccc(F)c(Cl)c3)C2)c1. The number of rotatable bonds is 4. The molecule has 1 saturated heterocycles. The highest BCUT2D eigenvalue weighted by Gasteiger charge is 2.35. The van der Waals surface area contributed by atoms with Gasteiger partial charge in [-0.2, -0.15) is 0 Å². The van der Waals surface area contributed by atoms with Gasteiger partial charge < -0.3 is 15.5 Å². The molecule has 1 fully saturated rings. The molecule has 1 atom stereocenters. The number of carbonyl (C=O) groups excluding carboxylic acids is 3. The quantitative estimate of drug-likeness (QED) is 0.840. The first kappa shape index (κ1) is 18.8. The number of benzene rings is 2. The van der Waals surface area contributed by atoms with E-state index in [-0.39, 0.29) is 35.7 Å². The van der Waals surface area contributed by atoms with E-state index >= 15 is 0 Å². The Hall–Kier alpha value is -2.93. The van der Waals surface area contributed by atoms with Gasteiger partial charge in [-0.15, -0.1) is 0 Å². The molecule has 3 amide bonds. The molecule has 140 valence electrons. The van der Waals surface area contributed by atoms with Crippen molar-refractivity contribution in [2.75, 3.05) is 22.1 Å². The molecule has 1 unspecified atom stereocenters. The van der Waals surface area contributed by atoms with Crippen LogP contribution < -0.4 is 15.5 Å². The fourth-order valence-corrected chi connectivity index (χ4v) is 3.08. The summed E-state index contributed by atoms with van der Waals surface area (Å²) < 4.78 is 13.3. The Morgan fingerprint density at radius 3 is 2.52 bits per heavy atom. The van der Waals surface area contributed by atoms with Crippen molar-refractivity contribution in [3.05, 3.63) is 53.3 Å². The van der Waals surface area contributed by atoms with E-state index in [0.717, 1.165) is 0 Å². The zero-order valence-corrected chi connectivity index (χ0v) is 15.2. The fourth-order valence-electron chi connectivity index (χ4n) is 2.91. The average molecular weight is 390 g/mol. The van der Waals surface area contributed by atoms with E-state index in [9.17, 15) is 18.8 Å². The molecule has 1 aliphatic rings. The molecule has 6 nitrogen and oxygen atoms in total. The molecular weight excluding hydrogens is 373 g/mol. The second kappa shape index (κ2) is 7.75. The molecule has 2 N–H and O–H groups in total. The van der Waals surface area contributed by atoms with Crippen LogP contribution in [0, 0.1) is 11.7 Å². The van der Waals surface area contributed by atoms with Gasteiger partial charge in [0.05, 0.1) is 10.9 Å². The van der Waals surface area contributed by atoms with E-state index in [1.54, 1.807) is 24.3 Å². The molecule has 1 aliphatic heterocycles. The highest BCUT2D eigenvalue weighted by atomic mass is 35.5. The van der Waals surface area contributed by atoms with Crippen molar-refractivity contribution in [2.24, 2.45) is 5.92 Å². The summed E-state index contributed by atoms with van der Waals surface area (Å²) in [5.41, 5.74) is 1.53. The number of nitrogens with one attached hydrogen (secondary N) is 2. The smallest absolute Gasteiger partial charge is 0.229 e. The van der Waals surface area contributed by atoms with Crippen molar-refractivity contribution in [3.63, 3.8) is 0 Å². The van der Waals surface area contributed by atoms with E-state index in [2.05, 4.69) is 10.6 Å². The van der Waals surface area contributed by atoms with Crippen LogP contribution in [0.2, 0.25) is 5.02 Å². The van der Waals surface area contributed by atoms with Crippen molar-refractivity contribution in [1.82, 2.24) is 0 Å². The molecule has 0 aromatic heterocycles. The number of hydrogen-bond acceptors (Lipinski definition) is 3. The lowest BCUT2D eigenvalue weighted by Crippen LogP contribution is -2.28. The molecular formula is C19H17ClFN3O3. The Morgan fingerprint density at radius 1 is 1.15 bits per heavy atom. The minimum Gasteiger partial charge on any atom is -0.326 e. The summed E-state index contributed by atoms with van der Waals surface area (Å²) in [6, 6.07) is 10.7. The Labute approximate surface area is 160 Å². The van der Waals surface area contributed by atoms with Crippen LogP contribution in [-0.4, -0.2) is 24.3 Å². The van der Waals surface area contributed by atoms with E-state index in [1.165, 1.54) is 30.0 Å². The van der Waals surface area contributed by atoms with Crippen molar-refractivity contribution in [3.8, 4) is 0 Å². The van der Waals surface area contributed by atoms with Gasteiger partial charge in [-0.1, -0.05) is 17.7 Å². The normalized spacial score (nSPS) is 16.3. The highest BCUT2D eigenvalue weighted by molar-refractivity contribution is 6.31. The van der Waals surface area contributed by atoms with Crippen LogP contribution in [0.1, 0.15) is 13.3 Å². The summed E-state index contributed by atoms with van der Waals surface area (Å²) in [4.78, 5) is 37.4. The predicted octanol–water partition coefficient (Wildman–Crippen LogP) is 3.43. The van der Waals surface area contributed by atoms with Crippen molar-refractivity contribution in [1.29, 1.82) is 0 Å². The largest absolute Gasteiger partial charge is 0.326 e. The van der Waals surface area contributed by atoms with E-state index in [4.69, 9.17) is 11.6 Å². The van der Waals surface area contributed by atoms with Gasteiger partial charge in [-0.05, 0) is 36.4 Å². The van der Waals surface area contributed by atoms with Crippen molar-refractivity contribution in [2.45, 2.75) is 13.3 Å². The molecule has 0 saturated carbocycles. The maximum absolute atomic E-state index is 13.3. The second-order valence-corrected chi connectivity index (χ2v) is 6.66. The number of halogens is 2. The average Bonchev–Trinajstić information content (AvgIpc) is 2.99. The van der Waals surface area contributed by atoms with Crippen LogP contribution >= 0.6 is 11.6 Å². The first-order valence-electron chi connectivity index (χ1n) is 8.27. The summed E-state index contributed by atoms with van der Waals surface area (Å²) in [7, 11) is 0. The van der Waals surface area contributed by atoms with E-state index in [0.29, 0.717) is 17.1 Å². The van der Waals surface area contributed by atoms with Crippen LogP contribution in [0.25, 0.3) is 0 Å². The van der Waals surface area contributed by atoms with E-state index in [1.807, 2.05) is 0 Å². The molecule has 27 heavy (non-hydrogen) atoms. The highest BCUT2D eigenvalue weighted by Crippen LogP contribution is 2.29. The zero-order valence-electron chi connectivity index (χ0n) is 14.5. The van der Waals surface area contributed by atoms with Gasteiger partial charge in [0, 0.05) is 37.0 Å². The lowest BCUT2D eigenvalue weighted by molar-refractivity contribution is -0.122. The maximum Gasteiger partial charge on any atom is 0.229 e. The number of hydrogen-bond donors (Lipinski definition) is 2. The van der Waals surface area contributed by atoms with Gasteiger partial charge in [-0.3, -0.25) is 14.4 Å². The number of anilines is 3. The lowest BCUT2D eigenvalue weighted by atomic mass is 10.1. The summed E-state index contributed by atoms with van der Waals surface area (Å²) in [5, 5.41) is 5.31. The maximum atomic E-state index is 13.3. The van der Waals surface area contributed by atoms with Crippen LogP contribution in [0.3, 0.4) is 0 Å². The minimum atomic E-state index is -0.569. The summed E-state index contributed by atoms with van der Waals surface area (Å²) in [6.45, 7) is 1.57. The molecule has 0 aliphatic carbocycles. The van der Waals surface area contributed by atoms with Gasteiger partial charge in [0.25, 0.3) is 0 Å². The van der Waals surface area contributed by atoms with Gasteiger partial charge in [-0.25, -0.2) is 4.39 Å². The molecule has 2 aromatic rings. The Morgan fingerprint density at radius 2 is 1.85 bits per heavy atom. The first-order valence-corrected chi connectivity index (χ1v) is 8.65. The molecule has 0 bridgehead atoms. The monoisotopic (exact) mass is 389 g/mol. The lowest BCUT2D eigenvalue weighted by Gasteiger charge is -2.17. The topological polar surface area (TPSA) is 78.5 Å². The Kier molecular flexibility index (Phi) is 5.41. The summed E-state index contributed by atoms with van der Waals surface area (Å²) in [5.74, 6) is -1.87. The fraction of sp³-hybridized carbons (Fsp3) is 0.211. The van der Waals surface area contributed by atoms with Crippen LogP contribution in [0.4, 0.5) is 21.5 Å².